The van der Waals surface area contributed by atoms with Crippen molar-refractivity contribution in [2.24, 2.45) is 0 Å². The lowest BCUT2D eigenvalue weighted by Gasteiger charge is -2.37. The number of rotatable bonds is 3. The molecule has 3 rings (SSSR count). The van der Waals surface area contributed by atoms with E-state index in [1.807, 2.05) is 0 Å². The van der Waals surface area contributed by atoms with E-state index in [1.165, 1.54) is 11.1 Å². The molecule has 1 fully saturated rings. The summed E-state index contributed by atoms with van der Waals surface area (Å²) in [4.78, 5) is 17.9. The van der Waals surface area contributed by atoms with Crippen LogP contribution in [-0.4, -0.2) is 44.9 Å². The van der Waals surface area contributed by atoms with E-state index in [0.717, 1.165) is 0 Å². The number of likely N-dealkylation sites (tertiary alicyclic amines) is 1. The number of carbonyl (C=O) groups is 1. The number of hydrogen-bond acceptors (Lipinski definition) is 6. The zero-order valence-electron chi connectivity index (χ0n) is 16.0. The third kappa shape index (κ3) is 4.44. The molecular formula is C19H23ClFN3O4. The standard InChI is InChI=1S/C19H23ClFN3O4/c1-18(2,3)27-17(26)24-6-4-19(21,5-7-24)16-14(20)8-12(10-22-16)15-9-13(11-25)28-23-15/h8-10,25H,4-7,11H2,1-3H3. The Balaban J connectivity index is 1.72. The SMILES string of the molecule is CC(C)(C)OC(=O)N1CCC(F)(c2ncc(-c3cc(CO)on3)cc2Cl)CC1. The average molecular weight is 412 g/mol. The van der Waals surface area contributed by atoms with Crippen LogP contribution in [0, 0.1) is 0 Å². The molecule has 0 bridgehead atoms. The topological polar surface area (TPSA) is 88.7 Å². The molecule has 0 aromatic carbocycles. The fourth-order valence-corrected chi connectivity index (χ4v) is 3.37. The van der Waals surface area contributed by atoms with Crippen LogP contribution in [0.2, 0.25) is 5.02 Å². The van der Waals surface area contributed by atoms with Gasteiger partial charge in [0.2, 0.25) is 0 Å². The molecule has 0 spiro atoms. The van der Waals surface area contributed by atoms with Gasteiger partial charge in [0.1, 0.15) is 17.9 Å². The Bertz CT molecular complexity index is 857. The maximum atomic E-state index is 15.5. The molecule has 0 saturated carbocycles. The van der Waals surface area contributed by atoms with Crippen molar-refractivity contribution in [3.63, 3.8) is 0 Å². The van der Waals surface area contributed by atoms with Crippen molar-refractivity contribution in [1.82, 2.24) is 15.0 Å². The highest BCUT2D eigenvalue weighted by molar-refractivity contribution is 6.31. The van der Waals surface area contributed by atoms with E-state index in [2.05, 4.69) is 10.1 Å². The summed E-state index contributed by atoms with van der Waals surface area (Å²) in [7, 11) is 0. The van der Waals surface area contributed by atoms with Crippen LogP contribution >= 0.6 is 11.6 Å². The van der Waals surface area contributed by atoms with Gasteiger partial charge in [-0.1, -0.05) is 16.8 Å². The van der Waals surface area contributed by atoms with Crippen LogP contribution in [0.4, 0.5) is 9.18 Å². The molecule has 3 heterocycles. The Morgan fingerprint density at radius 2 is 2.07 bits per heavy atom. The number of alkyl halides is 1. The van der Waals surface area contributed by atoms with Gasteiger partial charge in [-0.15, -0.1) is 0 Å². The molecule has 1 N–H and O–H groups in total. The van der Waals surface area contributed by atoms with E-state index >= 15 is 4.39 Å². The average Bonchev–Trinajstić information content (AvgIpc) is 3.09. The zero-order chi connectivity index (χ0) is 20.5. The van der Waals surface area contributed by atoms with Crippen LogP contribution in [0.5, 0.6) is 0 Å². The van der Waals surface area contributed by atoms with Crippen molar-refractivity contribution < 1.29 is 23.6 Å². The third-order valence-electron chi connectivity index (χ3n) is 4.48. The summed E-state index contributed by atoms with van der Waals surface area (Å²) < 4.78 is 25.8. The first-order valence-electron chi connectivity index (χ1n) is 9.01. The number of piperidine rings is 1. The number of pyridine rings is 1. The molecule has 1 aliphatic rings. The second kappa shape index (κ2) is 7.67. The largest absolute Gasteiger partial charge is 0.444 e. The van der Waals surface area contributed by atoms with Crippen LogP contribution in [0.15, 0.2) is 22.9 Å². The molecular weight excluding hydrogens is 389 g/mol. The number of carbonyl (C=O) groups excluding carboxylic acids is 1. The third-order valence-corrected chi connectivity index (χ3v) is 4.77. The minimum atomic E-state index is -1.73. The molecule has 0 atom stereocenters. The summed E-state index contributed by atoms with van der Waals surface area (Å²) in [5, 5.41) is 13.1. The van der Waals surface area contributed by atoms with Crippen molar-refractivity contribution in [1.29, 1.82) is 0 Å². The normalized spacial score (nSPS) is 16.9. The van der Waals surface area contributed by atoms with E-state index in [1.54, 1.807) is 32.9 Å². The highest BCUT2D eigenvalue weighted by Crippen LogP contribution is 2.40. The van der Waals surface area contributed by atoms with Crippen molar-refractivity contribution in [3.8, 4) is 11.3 Å². The molecule has 2 aromatic heterocycles. The lowest BCUT2D eigenvalue weighted by Crippen LogP contribution is -2.45. The Morgan fingerprint density at radius 1 is 1.39 bits per heavy atom. The van der Waals surface area contributed by atoms with Gasteiger partial charge in [-0.25, -0.2) is 9.18 Å². The van der Waals surface area contributed by atoms with Crippen LogP contribution < -0.4 is 0 Å². The van der Waals surface area contributed by atoms with E-state index < -0.39 is 17.4 Å². The molecule has 7 nitrogen and oxygen atoms in total. The quantitative estimate of drug-likeness (QED) is 0.818. The summed E-state index contributed by atoms with van der Waals surface area (Å²) in [6.07, 6.45) is 1.19. The monoisotopic (exact) mass is 411 g/mol. The number of halogens is 2. The van der Waals surface area contributed by atoms with Gasteiger partial charge < -0.3 is 19.3 Å². The van der Waals surface area contributed by atoms with Crippen molar-refractivity contribution in [2.75, 3.05) is 13.1 Å². The molecule has 2 aromatic rings. The Morgan fingerprint density at radius 3 is 2.61 bits per heavy atom. The highest BCUT2D eigenvalue weighted by Gasteiger charge is 2.41. The molecule has 152 valence electrons. The molecule has 1 amide bonds. The maximum Gasteiger partial charge on any atom is 0.410 e. The maximum absolute atomic E-state index is 15.5. The van der Waals surface area contributed by atoms with Gasteiger partial charge >= 0.3 is 6.09 Å². The Kier molecular flexibility index (Phi) is 5.63. The van der Waals surface area contributed by atoms with Crippen LogP contribution in [0.25, 0.3) is 11.3 Å². The highest BCUT2D eigenvalue weighted by atomic mass is 35.5. The van der Waals surface area contributed by atoms with Crippen molar-refractivity contribution >= 4 is 17.7 Å². The smallest absolute Gasteiger partial charge is 0.410 e. The predicted molar refractivity (Wildman–Crippen MR) is 100 cm³/mol. The molecule has 9 heteroatoms. The number of nitrogens with zero attached hydrogens (tertiary/aromatic N) is 3. The van der Waals surface area contributed by atoms with Crippen molar-refractivity contribution in [3.05, 3.63) is 34.8 Å². The van der Waals surface area contributed by atoms with Crippen molar-refractivity contribution in [2.45, 2.75) is 51.5 Å². The molecule has 1 aliphatic heterocycles. The number of aliphatic hydroxyl groups excluding tert-OH is 1. The number of aliphatic hydroxyl groups is 1. The zero-order valence-corrected chi connectivity index (χ0v) is 16.8. The lowest BCUT2D eigenvalue weighted by molar-refractivity contribution is 0.00130. The number of ether oxygens (including phenoxy) is 1. The van der Waals surface area contributed by atoms with Crippen LogP contribution in [0.3, 0.4) is 0 Å². The fourth-order valence-electron chi connectivity index (χ4n) is 3.04. The summed E-state index contributed by atoms with van der Waals surface area (Å²) in [5.74, 6) is 0.312. The second-order valence-corrected chi connectivity index (χ2v) is 8.23. The molecule has 28 heavy (non-hydrogen) atoms. The van der Waals surface area contributed by atoms with E-state index in [4.69, 9.17) is 26.0 Å². The van der Waals surface area contributed by atoms with Gasteiger partial charge in [-0.05, 0) is 26.8 Å². The first-order valence-corrected chi connectivity index (χ1v) is 9.39. The van der Waals surface area contributed by atoms with Gasteiger partial charge in [0, 0.05) is 43.8 Å². The summed E-state index contributed by atoms with van der Waals surface area (Å²) in [6, 6.07) is 3.14. The van der Waals surface area contributed by atoms with E-state index in [0.29, 0.717) is 17.0 Å². The van der Waals surface area contributed by atoms with Gasteiger partial charge in [0.25, 0.3) is 0 Å². The first kappa shape index (κ1) is 20.5. The second-order valence-electron chi connectivity index (χ2n) is 7.82. The number of amides is 1. The molecule has 0 radical (unpaired) electrons. The number of hydrogen-bond donors (Lipinski definition) is 1. The molecule has 0 aliphatic carbocycles. The van der Waals surface area contributed by atoms with Gasteiger partial charge in [0.15, 0.2) is 11.4 Å². The number of aromatic nitrogens is 2. The van der Waals surface area contributed by atoms with Crippen LogP contribution in [-0.2, 0) is 17.0 Å². The van der Waals surface area contributed by atoms with Gasteiger partial charge in [0.05, 0.1) is 10.7 Å². The van der Waals surface area contributed by atoms with E-state index in [-0.39, 0.29) is 43.3 Å². The Hall–Kier alpha value is -2.19. The van der Waals surface area contributed by atoms with Gasteiger partial charge in [-0.3, -0.25) is 4.98 Å². The van der Waals surface area contributed by atoms with E-state index in [9.17, 15) is 4.79 Å². The Labute approximate surface area is 167 Å². The predicted octanol–water partition coefficient (Wildman–Crippen LogP) is 4.08. The van der Waals surface area contributed by atoms with Gasteiger partial charge in [-0.2, -0.15) is 0 Å². The lowest BCUT2D eigenvalue weighted by atomic mass is 9.89. The summed E-state index contributed by atoms with van der Waals surface area (Å²) in [5.41, 5.74) is -1.16. The van der Waals surface area contributed by atoms with Crippen LogP contribution in [0.1, 0.15) is 45.1 Å². The summed E-state index contributed by atoms with van der Waals surface area (Å²) in [6.45, 7) is 5.53. The first-order chi connectivity index (χ1) is 13.1. The minimum absolute atomic E-state index is 0.0803. The molecule has 0 unspecified atom stereocenters. The summed E-state index contributed by atoms with van der Waals surface area (Å²) >= 11 is 6.31. The fraction of sp³-hybridized carbons (Fsp3) is 0.526. The molecule has 1 saturated heterocycles. The minimum Gasteiger partial charge on any atom is -0.444 e.